The van der Waals surface area contributed by atoms with Crippen LogP contribution in [0.1, 0.15) is 23.6 Å². The molecule has 3 aromatic carbocycles. The van der Waals surface area contributed by atoms with Crippen molar-refractivity contribution in [3.05, 3.63) is 94.0 Å². The Balaban J connectivity index is 1.90. The average Bonchev–Trinajstić information content (AvgIpc) is 2.82. The molecule has 3 aromatic rings. The topological polar surface area (TPSA) is 63.5 Å². The van der Waals surface area contributed by atoms with Gasteiger partial charge in [-0.25, -0.2) is 0 Å². The number of amides is 1. The maximum Gasteiger partial charge on any atom is 0.259 e. The Hall–Kier alpha value is -3.45. The molecule has 1 amide bonds. The fourth-order valence-corrected chi connectivity index (χ4v) is 3.53. The van der Waals surface area contributed by atoms with Gasteiger partial charge in [0.2, 0.25) is 0 Å². The highest BCUT2D eigenvalue weighted by Crippen LogP contribution is 2.36. The molecule has 3 rings (SSSR count). The summed E-state index contributed by atoms with van der Waals surface area (Å²) in [5, 5.41) is 8.86. The normalized spacial score (nSPS) is 10.7. The quantitative estimate of drug-likeness (QED) is 0.295. The fourth-order valence-electron chi connectivity index (χ4n) is 2.96. The maximum atomic E-state index is 11.9. The van der Waals surface area contributed by atoms with E-state index in [0.29, 0.717) is 22.6 Å². The lowest BCUT2D eigenvalue weighted by Crippen LogP contribution is -2.27. The molecule has 0 radical (unpaired) electrons. The van der Waals surface area contributed by atoms with Gasteiger partial charge in [0.1, 0.15) is 5.71 Å². The first kappa shape index (κ1) is 24.2. The van der Waals surface area contributed by atoms with Gasteiger partial charge in [-0.1, -0.05) is 60.7 Å². The van der Waals surface area contributed by atoms with Crippen LogP contribution in [0.5, 0.6) is 11.5 Å². The Morgan fingerprint density at radius 2 is 1.58 bits per heavy atom. The van der Waals surface area contributed by atoms with Gasteiger partial charge in [0, 0.05) is 25.2 Å². The minimum absolute atomic E-state index is 0.0824. The van der Waals surface area contributed by atoms with Crippen molar-refractivity contribution in [2.45, 2.75) is 6.92 Å². The molecule has 170 valence electrons. The van der Waals surface area contributed by atoms with Crippen LogP contribution < -0.4 is 9.47 Å². The number of nitrogens with zero attached hydrogens (tertiary/aromatic N) is 3. The molecule has 7 heteroatoms. The Bertz CT molecular complexity index is 1090. The largest absolute Gasteiger partial charge is 0.490 e. The Kier molecular flexibility index (Phi) is 8.78. The molecule has 0 fully saturated rings. The highest BCUT2D eigenvalue weighted by molar-refractivity contribution is 9.10. The molecule has 0 unspecified atom stereocenters. The number of benzene rings is 3. The molecule has 0 N–H and O–H groups in total. The predicted octanol–water partition coefficient (Wildman–Crippen LogP) is 5.19. The van der Waals surface area contributed by atoms with E-state index >= 15 is 0 Å². The van der Waals surface area contributed by atoms with Crippen molar-refractivity contribution in [3.8, 4) is 11.5 Å². The van der Waals surface area contributed by atoms with Gasteiger partial charge in [-0.05, 0) is 40.5 Å². The van der Waals surface area contributed by atoms with E-state index in [4.69, 9.17) is 9.47 Å². The number of rotatable bonds is 9. The number of halogens is 1. The van der Waals surface area contributed by atoms with E-state index in [1.165, 1.54) is 4.90 Å². The van der Waals surface area contributed by atoms with Crippen molar-refractivity contribution in [2.24, 2.45) is 10.2 Å². The highest BCUT2D eigenvalue weighted by Gasteiger charge is 2.14. The van der Waals surface area contributed by atoms with Crippen LogP contribution in [-0.4, -0.2) is 50.0 Å². The van der Waals surface area contributed by atoms with Crippen molar-refractivity contribution in [1.82, 2.24) is 4.90 Å². The second-order valence-electron chi connectivity index (χ2n) is 7.27. The van der Waals surface area contributed by atoms with Crippen molar-refractivity contribution >= 4 is 33.8 Å². The monoisotopic (exact) mass is 507 g/mol. The highest BCUT2D eigenvalue weighted by atomic mass is 79.9. The summed E-state index contributed by atoms with van der Waals surface area (Å²) in [6.45, 7) is 2.26. The summed E-state index contributed by atoms with van der Waals surface area (Å²) in [7, 11) is 3.37. The molecular formula is C26H26BrN3O3. The van der Waals surface area contributed by atoms with Gasteiger partial charge in [-0.2, -0.15) is 5.10 Å². The second-order valence-corrected chi connectivity index (χ2v) is 8.12. The van der Waals surface area contributed by atoms with Crippen molar-refractivity contribution in [1.29, 1.82) is 0 Å². The third-order valence-corrected chi connectivity index (χ3v) is 5.22. The molecule has 0 aliphatic rings. The van der Waals surface area contributed by atoms with Crippen LogP contribution in [0.4, 0.5) is 0 Å². The van der Waals surface area contributed by atoms with Gasteiger partial charge in [-0.15, -0.1) is 5.10 Å². The molecule has 0 aliphatic heterocycles. The van der Waals surface area contributed by atoms with Gasteiger partial charge < -0.3 is 14.4 Å². The molecule has 0 saturated heterocycles. The number of hydrogen-bond donors (Lipinski definition) is 0. The number of ether oxygens (including phenoxy) is 2. The summed E-state index contributed by atoms with van der Waals surface area (Å²) in [5.41, 5.74) is 3.51. The van der Waals surface area contributed by atoms with Crippen molar-refractivity contribution in [3.63, 3.8) is 0 Å². The average molecular weight is 508 g/mol. The molecule has 0 heterocycles. The lowest BCUT2D eigenvalue weighted by atomic mass is 10.0. The van der Waals surface area contributed by atoms with E-state index in [1.807, 2.05) is 79.7 Å². The molecule has 0 spiro atoms. The number of carbonyl (C=O) groups is 1. The standard InChI is InChI=1S/C26H26BrN3O3/c1-4-32-23-16-19(15-22(27)26(23)33-18-24(31)30(2)3)17-28-29-25(20-11-7-5-8-12-20)21-13-9-6-10-14-21/h5-17H,4,18H2,1-3H3/b28-17-. The van der Waals surface area contributed by atoms with E-state index in [2.05, 4.69) is 26.1 Å². The van der Waals surface area contributed by atoms with Crippen molar-refractivity contribution < 1.29 is 14.3 Å². The SMILES string of the molecule is CCOc1cc(/C=N\N=C(c2ccccc2)c2ccccc2)cc(Br)c1OCC(=O)N(C)C. The Morgan fingerprint density at radius 3 is 2.12 bits per heavy atom. The zero-order valence-corrected chi connectivity index (χ0v) is 20.5. The van der Waals surface area contributed by atoms with Crippen LogP contribution >= 0.6 is 15.9 Å². The third kappa shape index (κ3) is 6.76. The summed E-state index contributed by atoms with van der Waals surface area (Å²) in [5.74, 6) is 0.857. The van der Waals surface area contributed by atoms with E-state index in [0.717, 1.165) is 22.4 Å². The van der Waals surface area contributed by atoms with Crippen LogP contribution in [0, 0.1) is 0 Å². The van der Waals surface area contributed by atoms with E-state index < -0.39 is 0 Å². The molecule has 0 aliphatic carbocycles. The fraction of sp³-hybridized carbons (Fsp3) is 0.192. The summed E-state index contributed by atoms with van der Waals surface area (Å²) >= 11 is 3.52. The molecule has 33 heavy (non-hydrogen) atoms. The summed E-state index contributed by atoms with van der Waals surface area (Å²) < 4.78 is 12.1. The second kappa shape index (κ2) is 12.0. The first-order chi connectivity index (χ1) is 16.0. The van der Waals surface area contributed by atoms with Gasteiger partial charge in [-0.3, -0.25) is 4.79 Å². The predicted molar refractivity (Wildman–Crippen MR) is 136 cm³/mol. The van der Waals surface area contributed by atoms with Gasteiger partial charge >= 0.3 is 0 Å². The number of carbonyl (C=O) groups excluding carboxylic acids is 1. The molecule has 0 atom stereocenters. The first-order valence-corrected chi connectivity index (χ1v) is 11.3. The smallest absolute Gasteiger partial charge is 0.259 e. The number of likely N-dealkylation sites (N-methyl/N-ethyl adjacent to an activating group) is 1. The zero-order valence-electron chi connectivity index (χ0n) is 18.9. The molecule has 0 aromatic heterocycles. The van der Waals surface area contributed by atoms with Crippen LogP contribution in [0.25, 0.3) is 0 Å². The first-order valence-electron chi connectivity index (χ1n) is 10.5. The lowest BCUT2D eigenvalue weighted by molar-refractivity contribution is -0.130. The zero-order chi connectivity index (χ0) is 23.6. The summed E-state index contributed by atoms with van der Waals surface area (Å²) in [4.78, 5) is 13.4. The molecule has 0 bridgehead atoms. The van der Waals surface area contributed by atoms with E-state index in [-0.39, 0.29) is 12.5 Å². The van der Waals surface area contributed by atoms with Gasteiger partial charge in [0.25, 0.3) is 5.91 Å². The maximum absolute atomic E-state index is 11.9. The van der Waals surface area contributed by atoms with Crippen molar-refractivity contribution in [2.75, 3.05) is 27.3 Å². The minimum Gasteiger partial charge on any atom is -0.490 e. The number of hydrogen-bond acceptors (Lipinski definition) is 5. The Labute approximate surface area is 202 Å². The molecule has 0 saturated carbocycles. The van der Waals surface area contributed by atoms with E-state index in [9.17, 15) is 4.79 Å². The minimum atomic E-state index is -0.140. The summed E-state index contributed by atoms with van der Waals surface area (Å²) in [6.07, 6.45) is 1.66. The van der Waals surface area contributed by atoms with Gasteiger partial charge in [0.15, 0.2) is 18.1 Å². The van der Waals surface area contributed by atoms with E-state index in [1.54, 1.807) is 20.3 Å². The summed E-state index contributed by atoms with van der Waals surface area (Å²) in [6, 6.07) is 23.5. The molecule has 6 nitrogen and oxygen atoms in total. The van der Waals surface area contributed by atoms with Crippen LogP contribution in [0.15, 0.2) is 87.5 Å². The Morgan fingerprint density at radius 1 is 0.970 bits per heavy atom. The van der Waals surface area contributed by atoms with Gasteiger partial charge in [0.05, 0.1) is 17.3 Å². The van der Waals surface area contributed by atoms with Crippen LogP contribution in [0.2, 0.25) is 0 Å². The molecular weight excluding hydrogens is 482 g/mol. The lowest BCUT2D eigenvalue weighted by Gasteiger charge is -2.16. The van der Waals surface area contributed by atoms with Crippen LogP contribution in [0.3, 0.4) is 0 Å². The van der Waals surface area contributed by atoms with Crippen LogP contribution in [-0.2, 0) is 4.79 Å². The third-order valence-electron chi connectivity index (χ3n) is 4.63.